The molecule has 0 aliphatic rings. The molecule has 1 aromatic heterocycles. The lowest BCUT2D eigenvalue weighted by Gasteiger charge is -2.37. The van der Waals surface area contributed by atoms with Crippen LogP contribution in [0.2, 0.25) is 10.0 Å². The Morgan fingerprint density at radius 2 is 1.56 bits per heavy atom. The van der Waals surface area contributed by atoms with Gasteiger partial charge in [-0.15, -0.1) is 11.3 Å². The number of nitrogens with zero attached hydrogens (tertiary/aromatic N) is 2. The van der Waals surface area contributed by atoms with E-state index < -0.39 is 0 Å². The Balaban J connectivity index is 1.38. The van der Waals surface area contributed by atoms with Crippen LogP contribution in [0, 0.1) is 13.8 Å². The predicted molar refractivity (Wildman–Crippen MR) is 192 cm³/mol. The van der Waals surface area contributed by atoms with Crippen molar-refractivity contribution in [2.75, 3.05) is 33.3 Å². The molecule has 0 radical (unpaired) electrons. The molecular formula is C38H43Cl2N2O2S+. The zero-order chi connectivity index (χ0) is 32.1. The fourth-order valence-electron chi connectivity index (χ4n) is 6.47. The van der Waals surface area contributed by atoms with Gasteiger partial charge in [0.2, 0.25) is 0 Å². The van der Waals surface area contributed by atoms with Gasteiger partial charge in [0.15, 0.2) is 0 Å². The Labute approximate surface area is 281 Å². The Bertz CT molecular complexity index is 1790. The second-order valence-corrected chi connectivity index (χ2v) is 13.9. The van der Waals surface area contributed by atoms with Crippen molar-refractivity contribution in [3.8, 4) is 5.75 Å². The van der Waals surface area contributed by atoms with Gasteiger partial charge in [0, 0.05) is 24.0 Å². The third-order valence-corrected chi connectivity index (χ3v) is 11.2. The molecule has 0 unspecified atom stereocenters. The van der Waals surface area contributed by atoms with Crippen molar-refractivity contribution in [3.63, 3.8) is 0 Å². The van der Waals surface area contributed by atoms with Crippen molar-refractivity contribution in [1.29, 1.82) is 0 Å². The van der Waals surface area contributed by atoms with Crippen molar-refractivity contribution >= 4 is 61.3 Å². The highest BCUT2D eigenvalue weighted by Crippen LogP contribution is 2.43. The molecule has 1 heterocycles. The predicted octanol–water partition coefficient (Wildman–Crippen LogP) is 10.5. The van der Waals surface area contributed by atoms with Gasteiger partial charge in [0.1, 0.15) is 22.2 Å². The molecule has 0 N–H and O–H groups in total. The van der Waals surface area contributed by atoms with E-state index in [2.05, 4.69) is 76.2 Å². The van der Waals surface area contributed by atoms with E-state index in [4.69, 9.17) is 27.9 Å². The van der Waals surface area contributed by atoms with Crippen LogP contribution in [0.1, 0.15) is 58.6 Å². The van der Waals surface area contributed by atoms with Gasteiger partial charge < -0.3 is 14.1 Å². The molecule has 0 aliphatic carbocycles. The normalized spacial score (nSPS) is 11.8. The van der Waals surface area contributed by atoms with E-state index in [1.54, 1.807) is 13.2 Å². The van der Waals surface area contributed by atoms with E-state index in [0.717, 1.165) is 59.2 Å². The highest BCUT2D eigenvalue weighted by molar-refractivity contribution is 7.22. The quantitative estimate of drug-likeness (QED) is 0.0928. The molecule has 0 saturated carbocycles. The molecule has 0 saturated heterocycles. The highest BCUT2D eigenvalue weighted by Gasteiger charge is 2.27. The summed E-state index contributed by atoms with van der Waals surface area (Å²) in [6.45, 7) is 14.3. The number of benzene rings is 4. The van der Waals surface area contributed by atoms with Gasteiger partial charge in [-0.1, -0.05) is 88.9 Å². The van der Waals surface area contributed by atoms with E-state index in [1.165, 1.54) is 38.8 Å². The van der Waals surface area contributed by atoms with Gasteiger partial charge in [-0.05, 0) is 75.1 Å². The SMILES string of the molecule is CC[N+](CC)(CCCCN(Cc1ccc2ccccc2c1)C(=O)c1sc2c(Cl)c(OC)ccc2c1Cl)Cc1cc(C)cc(C)c1. The van der Waals surface area contributed by atoms with Crippen LogP contribution < -0.4 is 4.74 Å². The maximum atomic E-state index is 14.3. The smallest absolute Gasteiger partial charge is 0.265 e. The molecule has 4 nitrogen and oxygen atoms in total. The number of quaternary nitrogens is 1. The number of ether oxygens (including phenoxy) is 1. The van der Waals surface area contributed by atoms with Crippen LogP contribution >= 0.6 is 34.5 Å². The molecule has 5 aromatic rings. The number of methoxy groups -OCH3 is 1. The first-order valence-electron chi connectivity index (χ1n) is 15.8. The fraction of sp³-hybridized carbons (Fsp3) is 0.342. The standard InChI is InChI=1S/C38H43Cl2N2O2S/c1-6-42(7-2,25-29-21-26(3)20-27(4)22-29)19-11-10-18-41(24-28-14-15-30-12-8-9-13-31(30)23-28)38(43)37-34(39)32-16-17-33(44-5)35(40)36(32)45-37/h8-9,12-17,20-23H,6-7,10-11,18-19,24-25H2,1-5H3/q+1. The topological polar surface area (TPSA) is 29.5 Å². The van der Waals surface area contributed by atoms with Crippen LogP contribution in [-0.2, 0) is 13.1 Å². The number of thiophene rings is 1. The summed E-state index contributed by atoms with van der Waals surface area (Å²) < 4.78 is 7.22. The number of carbonyl (C=O) groups excluding carboxylic acids is 1. The van der Waals surface area contributed by atoms with Crippen LogP contribution in [0.5, 0.6) is 5.75 Å². The van der Waals surface area contributed by atoms with Gasteiger partial charge in [-0.2, -0.15) is 0 Å². The first-order valence-corrected chi connectivity index (χ1v) is 17.4. The molecule has 236 valence electrons. The maximum Gasteiger partial charge on any atom is 0.265 e. The lowest BCUT2D eigenvalue weighted by Crippen LogP contribution is -2.47. The Morgan fingerprint density at radius 1 is 0.844 bits per heavy atom. The van der Waals surface area contributed by atoms with Crippen LogP contribution in [0.4, 0.5) is 0 Å². The fourth-order valence-corrected chi connectivity index (χ4v) is 8.33. The zero-order valence-corrected chi connectivity index (χ0v) is 29.3. The lowest BCUT2D eigenvalue weighted by molar-refractivity contribution is -0.938. The van der Waals surface area contributed by atoms with Crippen molar-refractivity contribution in [1.82, 2.24) is 4.90 Å². The van der Waals surface area contributed by atoms with Crippen LogP contribution in [0.15, 0.2) is 72.8 Å². The number of hydrogen-bond donors (Lipinski definition) is 0. The first kappa shape index (κ1) is 33.3. The minimum atomic E-state index is -0.0636. The molecule has 0 aliphatic heterocycles. The number of carbonyl (C=O) groups is 1. The minimum absolute atomic E-state index is 0.0636. The first-order chi connectivity index (χ1) is 21.7. The highest BCUT2D eigenvalue weighted by atomic mass is 35.5. The second-order valence-electron chi connectivity index (χ2n) is 12.2. The average molecular weight is 663 g/mol. The van der Waals surface area contributed by atoms with E-state index in [9.17, 15) is 4.79 Å². The molecular weight excluding hydrogens is 619 g/mol. The molecule has 0 bridgehead atoms. The summed E-state index contributed by atoms with van der Waals surface area (Å²) in [5.41, 5.74) is 5.13. The summed E-state index contributed by atoms with van der Waals surface area (Å²) in [6, 6.07) is 25.3. The summed E-state index contributed by atoms with van der Waals surface area (Å²) >= 11 is 14.9. The number of rotatable bonds is 13. The second kappa shape index (κ2) is 14.6. The number of amides is 1. The third kappa shape index (κ3) is 7.49. The maximum absolute atomic E-state index is 14.3. The number of fused-ring (bicyclic) bond motifs is 2. The lowest BCUT2D eigenvalue weighted by atomic mass is 10.1. The Hall–Kier alpha value is -3.09. The summed E-state index contributed by atoms with van der Waals surface area (Å²) in [6.07, 6.45) is 1.93. The van der Waals surface area contributed by atoms with Crippen molar-refractivity contribution in [2.24, 2.45) is 0 Å². The van der Waals surface area contributed by atoms with Crippen molar-refractivity contribution in [3.05, 3.63) is 110 Å². The zero-order valence-electron chi connectivity index (χ0n) is 27.0. The molecule has 4 aromatic carbocycles. The molecule has 7 heteroatoms. The molecule has 0 fully saturated rings. The summed E-state index contributed by atoms with van der Waals surface area (Å²) in [7, 11) is 1.59. The van der Waals surface area contributed by atoms with E-state index >= 15 is 0 Å². The Morgan fingerprint density at radius 3 is 2.24 bits per heavy atom. The van der Waals surface area contributed by atoms with Crippen LogP contribution in [0.3, 0.4) is 0 Å². The monoisotopic (exact) mass is 661 g/mol. The number of unbranched alkanes of at least 4 members (excludes halogenated alkanes) is 1. The largest absolute Gasteiger partial charge is 0.495 e. The van der Waals surface area contributed by atoms with E-state index in [-0.39, 0.29) is 5.91 Å². The average Bonchev–Trinajstić information content (AvgIpc) is 3.38. The van der Waals surface area contributed by atoms with Gasteiger partial charge in [-0.3, -0.25) is 4.79 Å². The molecule has 1 amide bonds. The molecule has 45 heavy (non-hydrogen) atoms. The third-order valence-electron chi connectivity index (χ3n) is 9.04. The Kier molecular flexibility index (Phi) is 10.8. The van der Waals surface area contributed by atoms with Gasteiger partial charge in [0.25, 0.3) is 5.91 Å². The summed E-state index contributed by atoms with van der Waals surface area (Å²) in [4.78, 5) is 16.7. The van der Waals surface area contributed by atoms with Crippen molar-refractivity contribution < 1.29 is 14.0 Å². The van der Waals surface area contributed by atoms with Gasteiger partial charge >= 0.3 is 0 Å². The van der Waals surface area contributed by atoms with Crippen LogP contribution in [-0.4, -0.2) is 48.6 Å². The summed E-state index contributed by atoms with van der Waals surface area (Å²) in [5, 5.41) is 4.07. The number of halogens is 2. The molecule has 5 rings (SSSR count). The van der Waals surface area contributed by atoms with Crippen molar-refractivity contribution in [2.45, 2.75) is 53.6 Å². The molecule has 0 atom stereocenters. The summed E-state index contributed by atoms with van der Waals surface area (Å²) in [5.74, 6) is 0.509. The van der Waals surface area contributed by atoms with E-state index in [1.807, 2.05) is 23.1 Å². The van der Waals surface area contributed by atoms with E-state index in [0.29, 0.717) is 33.8 Å². The minimum Gasteiger partial charge on any atom is -0.495 e. The number of hydrogen-bond acceptors (Lipinski definition) is 3. The van der Waals surface area contributed by atoms with Gasteiger partial charge in [-0.25, -0.2) is 0 Å². The van der Waals surface area contributed by atoms with Gasteiger partial charge in [0.05, 0.1) is 36.5 Å². The molecule has 0 spiro atoms. The van der Waals surface area contributed by atoms with Crippen LogP contribution in [0.25, 0.3) is 20.9 Å². The number of aryl methyl sites for hydroxylation is 2.